The second-order valence-electron chi connectivity index (χ2n) is 6.69. The van der Waals surface area contributed by atoms with Crippen LogP contribution in [0.3, 0.4) is 0 Å². The van der Waals surface area contributed by atoms with E-state index in [9.17, 15) is 9.59 Å². The zero-order valence-electron chi connectivity index (χ0n) is 17.3. The van der Waals surface area contributed by atoms with Crippen LogP contribution in [0.15, 0.2) is 59.0 Å². The molecule has 2 aromatic carbocycles. The summed E-state index contributed by atoms with van der Waals surface area (Å²) in [5.41, 5.74) is 1.77. The molecule has 1 aromatic heterocycles. The average molecular weight is 408 g/mol. The Hall–Kier alpha value is -3.61. The lowest BCUT2D eigenvalue weighted by molar-refractivity contribution is -0.133. The fourth-order valence-corrected chi connectivity index (χ4v) is 2.82. The highest BCUT2D eigenvalue weighted by Gasteiger charge is 2.21. The van der Waals surface area contributed by atoms with Crippen LogP contribution in [-0.2, 0) is 16.1 Å². The summed E-state index contributed by atoms with van der Waals surface area (Å²) in [4.78, 5) is 30.4. The number of nitrogens with zero attached hydrogens (tertiary/aromatic N) is 2. The van der Waals surface area contributed by atoms with E-state index < -0.39 is 5.97 Å². The van der Waals surface area contributed by atoms with Crippen LogP contribution in [0.2, 0.25) is 0 Å². The Labute approximate surface area is 175 Å². The number of hydrogen-bond acceptors (Lipinski definition) is 6. The normalized spacial score (nSPS) is 10.5. The lowest BCUT2D eigenvalue weighted by Crippen LogP contribution is -2.31. The number of benzene rings is 2. The van der Waals surface area contributed by atoms with Gasteiger partial charge < -0.3 is 18.8 Å². The summed E-state index contributed by atoms with van der Waals surface area (Å²) in [6.45, 7) is 4.17. The Morgan fingerprint density at radius 1 is 1.07 bits per heavy atom. The molecule has 1 amide bonds. The first kappa shape index (κ1) is 21.1. The van der Waals surface area contributed by atoms with E-state index in [1.54, 1.807) is 14.0 Å². The van der Waals surface area contributed by atoms with E-state index in [2.05, 4.69) is 4.98 Å². The first-order chi connectivity index (χ1) is 14.5. The van der Waals surface area contributed by atoms with Gasteiger partial charge >= 0.3 is 5.97 Å². The molecule has 0 saturated carbocycles. The van der Waals surface area contributed by atoms with E-state index in [0.29, 0.717) is 24.8 Å². The third kappa shape index (κ3) is 5.26. The lowest BCUT2D eigenvalue weighted by atomic mass is 10.2. The predicted molar refractivity (Wildman–Crippen MR) is 111 cm³/mol. The molecular weight excluding hydrogens is 384 g/mol. The van der Waals surface area contributed by atoms with Gasteiger partial charge in [0.05, 0.1) is 6.61 Å². The molecule has 156 valence electrons. The molecular formula is C23H24N2O5. The van der Waals surface area contributed by atoms with Crippen molar-refractivity contribution >= 4 is 11.9 Å². The van der Waals surface area contributed by atoms with Crippen LogP contribution in [0.5, 0.6) is 5.75 Å². The summed E-state index contributed by atoms with van der Waals surface area (Å²) >= 11 is 0. The van der Waals surface area contributed by atoms with Gasteiger partial charge in [-0.25, -0.2) is 9.78 Å². The summed E-state index contributed by atoms with van der Waals surface area (Å²) in [6.07, 6.45) is 0. The van der Waals surface area contributed by atoms with Crippen LogP contribution in [0, 0.1) is 6.92 Å². The Balaban J connectivity index is 1.55. The molecule has 1 heterocycles. The molecule has 0 unspecified atom stereocenters. The second kappa shape index (κ2) is 9.73. The number of carbonyl (C=O) groups is 2. The molecule has 30 heavy (non-hydrogen) atoms. The average Bonchev–Trinajstić information content (AvgIpc) is 3.15. The maximum atomic E-state index is 12.4. The Kier molecular flexibility index (Phi) is 6.85. The van der Waals surface area contributed by atoms with Gasteiger partial charge in [0.15, 0.2) is 12.3 Å². The molecule has 0 spiro atoms. The minimum absolute atomic E-state index is 0.0656. The third-order valence-electron chi connectivity index (χ3n) is 4.42. The van der Waals surface area contributed by atoms with Crippen molar-refractivity contribution in [2.24, 2.45) is 0 Å². The summed E-state index contributed by atoms with van der Waals surface area (Å²) < 4.78 is 16.1. The highest BCUT2D eigenvalue weighted by molar-refractivity contribution is 5.90. The molecule has 7 heteroatoms. The maximum absolute atomic E-state index is 12.4. The SMILES string of the molecule is CCOc1ccc(CN(C)C(=O)COC(=O)c2nc(-c3ccccc3)oc2C)cc1. The molecule has 0 fully saturated rings. The van der Waals surface area contributed by atoms with Crippen LogP contribution >= 0.6 is 0 Å². The molecule has 0 N–H and O–H groups in total. The van der Waals surface area contributed by atoms with E-state index in [-0.39, 0.29) is 18.2 Å². The number of oxazole rings is 1. The van der Waals surface area contributed by atoms with Gasteiger partial charge in [-0.3, -0.25) is 4.79 Å². The Morgan fingerprint density at radius 3 is 2.43 bits per heavy atom. The number of carbonyl (C=O) groups excluding carboxylic acids is 2. The van der Waals surface area contributed by atoms with Crippen LogP contribution in [0.25, 0.3) is 11.5 Å². The largest absolute Gasteiger partial charge is 0.494 e. The smallest absolute Gasteiger partial charge is 0.361 e. The van der Waals surface area contributed by atoms with Crippen LogP contribution in [-0.4, -0.2) is 42.0 Å². The highest BCUT2D eigenvalue weighted by Crippen LogP contribution is 2.22. The number of aryl methyl sites for hydroxylation is 1. The molecule has 7 nitrogen and oxygen atoms in total. The van der Waals surface area contributed by atoms with Gasteiger partial charge in [0.1, 0.15) is 11.5 Å². The molecule has 0 saturated heterocycles. The number of ether oxygens (including phenoxy) is 2. The minimum Gasteiger partial charge on any atom is -0.494 e. The van der Waals surface area contributed by atoms with E-state index in [4.69, 9.17) is 13.9 Å². The zero-order valence-corrected chi connectivity index (χ0v) is 17.3. The van der Waals surface area contributed by atoms with Crippen LogP contribution in [0.1, 0.15) is 28.7 Å². The van der Waals surface area contributed by atoms with Gasteiger partial charge in [-0.15, -0.1) is 0 Å². The monoisotopic (exact) mass is 408 g/mol. The topological polar surface area (TPSA) is 81.9 Å². The second-order valence-corrected chi connectivity index (χ2v) is 6.69. The molecule has 3 aromatic rings. The molecule has 0 radical (unpaired) electrons. The zero-order chi connectivity index (χ0) is 21.5. The highest BCUT2D eigenvalue weighted by atomic mass is 16.5. The standard InChI is InChI=1S/C23H24N2O5/c1-4-28-19-12-10-17(11-13-19)14-25(3)20(26)15-29-23(27)21-16(2)30-22(24-21)18-8-6-5-7-9-18/h5-13H,4,14-15H2,1-3H3. The quantitative estimate of drug-likeness (QED) is 0.527. The maximum Gasteiger partial charge on any atom is 0.361 e. The first-order valence-electron chi connectivity index (χ1n) is 9.63. The molecule has 0 bridgehead atoms. The van der Waals surface area contributed by atoms with Crippen LogP contribution < -0.4 is 4.74 Å². The number of likely N-dealkylation sites (N-methyl/N-ethyl adjacent to an activating group) is 1. The number of esters is 1. The molecule has 0 aliphatic carbocycles. The fraction of sp³-hybridized carbons (Fsp3) is 0.261. The van der Waals surface area contributed by atoms with Crippen molar-refractivity contribution in [2.45, 2.75) is 20.4 Å². The number of hydrogen-bond donors (Lipinski definition) is 0. The number of aromatic nitrogens is 1. The molecule has 3 rings (SSSR count). The molecule has 0 atom stereocenters. The molecule has 0 aliphatic heterocycles. The fourth-order valence-electron chi connectivity index (χ4n) is 2.82. The van der Waals surface area contributed by atoms with Gasteiger partial charge in [-0.1, -0.05) is 30.3 Å². The van der Waals surface area contributed by atoms with E-state index >= 15 is 0 Å². The Morgan fingerprint density at radius 2 is 1.77 bits per heavy atom. The minimum atomic E-state index is -0.693. The molecule has 0 aliphatic rings. The first-order valence-corrected chi connectivity index (χ1v) is 9.63. The van der Waals surface area contributed by atoms with Crippen molar-refractivity contribution in [3.8, 4) is 17.2 Å². The summed E-state index contributed by atoms with van der Waals surface area (Å²) in [5, 5.41) is 0. The van der Waals surface area contributed by atoms with Gasteiger partial charge in [-0.2, -0.15) is 0 Å². The van der Waals surface area contributed by atoms with Crippen molar-refractivity contribution in [2.75, 3.05) is 20.3 Å². The van der Waals surface area contributed by atoms with E-state index in [0.717, 1.165) is 16.9 Å². The summed E-state index contributed by atoms with van der Waals surface area (Å²) in [6, 6.07) is 16.7. The van der Waals surface area contributed by atoms with Crippen molar-refractivity contribution in [3.05, 3.63) is 71.6 Å². The van der Waals surface area contributed by atoms with Crippen molar-refractivity contribution < 1.29 is 23.5 Å². The van der Waals surface area contributed by atoms with Gasteiger partial charge in [-0.05, 0) is 43.7 Å². The van der Waals surface area contributed by atoms with Gasteiger partial charge in [0, 0.05) is 19.2 Å². The van der Waals surface area contributed by atoms with Crippen molar-refractivity contribution in [1.82, 2.24) is 9.88 Å². The summed E-state index contributed by atoms with van der Waals surface area (Å²) in [7, 11) is 1.65. The summed E-state index contributed by atoms with van der Waals surface area (Å²) in [5.74, 6) is 0.443. The van der Waals surface area contributed by atoms with Gasteiger partial charge in [0.2, 0.25) is 5.89 Å². The van der Waals surface area contributed by atoms with Crippen molar-refractivity contribution in [1.29, 1.82) is 0 Å². The van der Waals surface area contributed by atoms with E-state index in [1.165, 1.54) is 4.90 Å². The third-order valence-corrected chi connectivity index (χ3v) is 4.42. The number of amides is 1. The van der Waals surface area contributed by atoms with E-state index in [1.807, 2.05) is 61.5 Å². The van der Waals surface area contributed by atoms with Crippen LogP contribution in [0.4, 0.5) is 0 Å². The lowest BCUT2D eigenvalue weighted by Gasteiger charge is -2.17. The van der Waals surface area contributed by atoms with Gasteiger partial charge in [0.25, 0.3) is 5.91 Å². The Bertz CT molecular complexity index is 996. The number of rotatable bonds is 8. The predicted octanol–water partition coefficient (Wildman–Crippen LogP) is 3.86. The van der Waals surface area contributed by atoms with Crippen molar-refractivity contribution in [3.63, 3.8) is 0 Å².